The van der Waals surface area contributed by atoms with Gasteiger partial charge in [0.25, 0.3) is 0 Å². The average Bonchev–Trinajstić information content (AvgIpc) is 1.87. The van der Waals surface area contributed by atoms with Gasteiger partial charge in [-0.2, -0.15) is 0 Å². The first-order valence-electron chi connectivity index (χ1n) is 3.14. The van der Waals surface area contributed by atoms with Crippen molar-refractivity contribution in [3.63, 3.8) is 0 Å². The van der Waals surface area contributed by atoms with E-state index < -0.39 is 10.0 Å². The molecule has 0 rings (SSSR count). The molecule has 0 saturated carbocycles. The zero-order valence-electron chi connectivity index (χ0n) is 6.08. The van der Waals surface area contributed by atoms with E-state index in [-0.39, 0.29) is 18.9 Å². The van der Waals surface area contributed by atoms with Gasteiger partial charge in [0.15, 0.2) is 0 Å². The molecule has 0 unspecified atom stereocenters. The topological polar surface area (TPSA) is 66.4 Å². The molecule has 0 radical (unpaired) electrons. The van der Waals surface area contributed by atoms with Crippen molar-refractivity contribution in [1.29, 1.82) is 0 Å². The molecule has 0 aliphatic carbocycles. The number of hydrogen-bond acceptors (Lipinski definition) is 3. The zero-order valence-corrected chi connectivity index (χ0v) is 6.89. The summed E-state index contributed by atoms with van der Waals surface area (Å²) in [5, 5.41) is 8.30. The molecule has 0 aromatic rings. The molecule has 0 spiro atoms. The Morgan fingerprint density at radius 2 is 2.18 bits per heavy atom. The fourth-order valence-corrected chi connectivity index (χ4v) is 1.27. The van der Waals surface area contributed by atoms with Crippen molar-refractivity contribution in [2.75, 3.05) is 18.9 Å². The van der Waals surface area contributed by atoms with Crippen molar-refractivity contribution in [3.8, 4) is 12.3 Å². The molecule has 0 fully saturated rings. The first-order chi connectivity index (χ1) is 5.12. The molecule has 4 nitrogen and oxygen atoms in total. The molecule has 0 aromatic heterocycles. The molecule has 0 bridgehead atoms. The predicted molar refractivity (Wildman–Crippen MR) is 42.3 cm³/mol. The molecule has 0 amide bonds. The molecule has 5 heteroatoms. The Morgan fingerprint density at radius 1 is 1.55 bits per heavy atom. The summed E-state index contributed by atoms with van der Waals surface area (Å²) in [4.78, 5) is 0. The Hall–Kier alpha value is -0.570. The lowest BCUT2D eigenvalue weighted by Gasteiger charge is -2.01. The summed E-state index contributed by atoms with van der Waals surface area (Å²) in [5.41, 5.74) is 0. The minimum absolute atomic E-state index is 0.235. The smallest absolute Gasteiger partial charge is 0.213 e. The maximum Gasteiger partial charge on any atom is 0.213 e. The highest BCUT2D eigenvalue weighted by molar-refractivity contribution is 7.89. The second-order valence-electron chi connectivity index (χ2n) is 1.89. The standard InChI is InChI=1S/C6H11NO3S/c1-2-3-4-7-11(9,10)6-5-8/h1,7-8H,3-6H2. The van der Waals surface area contributed by atoms with E-state index in [1.807, 2.05) is 0 Å². The van der Waals surface area contributed by atoms with Crippen LogP contribution < -0.4 is 4.72 Å². The Balaban J connectivity index is 3.67. The van der Waals surface area contributed by atoms with Gasteiger partial charge in [-0.15, -0.1) is 12.3 Å². The predicted octanol–water partition coefficient (Wildman–Crippen LogP) is -1.08. The van der Waals surface area contributed by atoms with Gasteiger partial charge in [-0.05, 0) is 0 Å². The third kappa shape index (κ3) is 5.85. The largest absolute Gasteiger partial charge is 0.395 e. The quantitative estimate of drug-likeness (QED) is 0.415. The van der Waals surface area contributed by atoms with Crippen LogP contribution in [0.25, 0.3) is 0 Å². The lowest BCUT2D eigenvalue weighted by atomic mass is 10.5. The molecule has 0 atom stereocenters. The van der Waals surface area contributed by atoms with E-state index in [4.69, 9.17) is 11.5 Å². The van der Waals surface area contributed by atoms with Crippen molar-refractivity contribution >= 4 is 10.0 Å². The monoisotopic (exact) mass is 177 g/mol. The van der Waals surface area contributed by atoms with Gasteiger partial charge >= 0.3 is 0 Å². The highest BCUT2D eigenvalue weighted by atomic mass is 32.2. The van der Waals surface area contributed by atoms with Crippen molar-refractivity contribution < 1.29 is 13.5 Å². The van der Waals surface area contributed by atoms with Gasteiger partial charge in [-0.1, -0.05) is 0 Å². The SMILES string of the molecule is C#CCCNS(=O)(=O)CCO. The Bertz CT molecular complexity index is 227. The number of sulfonamides is 1. The van der Waals surface area contributed by atoms with Crippen molar-refractivity contribution in [2.45, 2.75) is 6.42 Å². The summed E-state index contributed by atoms with van der Waals surface area (Å²) >= 11 is 0. The van der Waals surface area contributed by atoms with E-state index in [1.165, 1.54) is 0 Å². The van der Waals surface area contributed by atoms with Gasteiger partial charge in [0, 0.05) is 13.0 Å². The molecule has 0 aliphatic heterocycles. The first-order valence-corrected chi connectivity index (χ1v) is 4.79. The van der Waals surface area contributed by atoms with Gasteiger partial charge in [-0.25, -0.2) is 13.1 Å². The van der Waals surface area contributed by atoms with Gasteiger partial charge in [0.05, 0.1) is 12.4 Å². The van der Waals surface area contributed by atoms with Crippen LogP contribution in [0.3, 0.4) is 0 Å². The molecule has 11 heavy (non-hydrogen) atoms. The fraction of sp³-hybridized carbons (Fsp3) is 0.667. The van der Waals surface area contributed by atoms with Crippen LogP contribution in [0.5, 0.6) is 0 Å². The molecule has 2 N–H and O–H groups in total. The Labute approximate surface area is 66.7 Å². The molecule has 0 aliphatic rings. The zero-order chi connectivity index (χ0) is 8.74. The van der Waals surface area contributed by atoms with Gasteiger partial charge in [-0.3, -0.25) is 0 Å². The summed E-state index contributed by atoms with van der Waals surface area (Å²) in [6.45, 7) is -0.135. The summed E-state index contributed by atoms with van der Waals surface area (Å²) in [6, 6.07) is 0. The van der Waals surface area contributed by atoms with Crippen LogP contribution in [0.15, 0.2) is 0 Å². The lowest BCUT2D eigenvalue weighted by molar-refractivity contribution is 0.319. The summed E-state index contributed by atoms with van der Waals surface area (Å²) in [7, 11) is -3.30. The second-order valence-corrected chi connectivity index (χ2v) is 3.82. The molecule has 0 aromatic carbocycles. The van der Waals surface area contributed by atoms with E-state index in [0.717, 1.165) is 0 Å². The highest BCUT2D eigenvalue weighted by Gasteiger charge is 2.06. The number of hydrogen-bond donors (Lipinski definition) is 2. The third-order valence-corrected chi connectivity index (χ3v) is 2.32. The summed E-state index contributed by atoms with van der Waals surface area (Å²) in [6.07, 6.45) is 5.26. The summed E-state index contributed by atoms with van der Waals surface area (Å²) in [5.74, 6) is 2.03. The van der Waals surface area contributed by atoms with E-state index in [0.29, 0.717) is 6.42 Å². The van der Waals surface area contributed by atoms with Crippen LogP contribution in [0, 0.1) is 12.3 Å². The fourth-order valence-electron chi connectivity index (χ4n) is 0.471. The molecule has 0 saturated heterocycles. The number of rotatable bonds is 5. The lowest BCUT2D eigenvalue weighted by Crippen LogP contribution is -2.28. The summed E-state index contributed by atoms with van der Waals surface area (Å²) < 4.78 is 23.8. The first kappa shape index (κ1) is 10.4. The molecular weight excluding hydrogens is 166 g/mol. The van der Waals surface area contributed by atoms with E-state index in [1.54, 1.807) is 0 Å². The van der Waals surface area contributed by atoms with Crippen LogP contribution in [-0.4, -0.2) is 32.4 Å². The number of terminal acetylenes is 1. The van der Waals surface area contributed by atoms with Crippen molar-refractivity contribution in [1.82, 2.24) is 4.72 Å². The van der Waals surface area contributed by atoms with Crippen LogP contribution in [-0.2, 0) is 10.0 Å². The Morgan fingerprint density at radius 3 is 2.64 bits per heavy atom. The maximum atomic E-state index is 10.8. The highest BCUT2D eigenvalue weighted by Crippen LogP contribution is 1.82. The average molecular weight is 177 g/mol. The second kappa shape index (κ2) is 5.13. The molecular formula is C6H11NO3S. The van der Waals surface area contributed by atoms with E-state index >= 15 is 0 Å². The Kier molecular flexibility index (Phi) is 4.86. The third-order valence-electron chi connectivity index (χ3n) is 0.951. The van der Waals surface area contributed by atoms with Gasteiger partial charge < -0.3 is 5.11 Å². The number of aliphatic hydroxyl groups is 1. The van der Waals surface area contributed by atoms with E-state index in [2.05, 4.69) is 10.6 Å². The van der Waals surface area contributed by atoms with Crippen LogP contribution >= 0.6 is 0 Å². The van der Waals surface area contributed by atoms with Gasteiger partial charge in [0.2, 0.25) is 10.0 Å². The normalized spacial score (nSPS) is 10.9. The van der Waals surface area contributed by atoms with Crippen molar-refractivity contribution in [3.05, 3.63) is 0 Å². The molecule has 64 valence electrons. The maximum absolute atomic E-state index is 10.8. The minimum atomic E-state index is -3.30. The van der Waals surface area contributed by atoms with Crippen LogP contribution in [0.4, 0.5) is 0 Å². The van der Waals surface area contributed by atoms with Gasteiger partial charge in [0.1, 0.15) is 0 Å². The van der Waals surface area contributed by atoms with E-state index in [9.17, 15) is 8.42 Å². The number of nitrogens with one attached hydrogen (secondary N) is 1. The minimum Gasteiger partial charge on any atom is -0.395 e. The van der Waals surface area contributed by atoms with Crippen LogP contribution in [0.1, 0.15) is 6.42 Å². The number of aliphatic hydroxyl groups excluding tert-OH is 1. The van der Waals surface area contributed by atoms with Crippen molar-refractivity contribution in [2.24, 2.45) is 0 Å². The van der Waals surface area contributed by atoms with Crippen LogP contribution in [0.2, 0.25) is 0 Å². The molecule has 0 heterocycles.